The number of carbonyl (C=O) groups is 2. The van der Waals surface area contributed by atoms with E-state index in [4.69, 9.17) is 10.5 Å². The van der Waals surface area contributed by atoms with Crippen molar-refractivity contribution in [3.63, 3.8) is 0 Å². The van der Waals surface area contributed by atoms with Crippen molar-refractivity contribution in [2.45, 2.75) is 31.7 Å². The summed E-state index contributed by atoms with van der Waals surface area (Å²) in [6.07, 6.45) is 1.86. The topological polar surface area (TPSA) is 69.4 Å². The first-order valence-corrected chi connectivity index (χ1v) is 10.1. The lowest BCUT2D eigenvalue weighted by Crippen LogP contribution is -2.12. The van der Waals surface area contributed by atoms with E-state index in [0.717, 1.165) is 35.3 Å². The van der Waals surface area contributed by atoms with Crippen LogP contribution >= 0.6 is 0 Å². The van der Waals surface area contributed by atoms with Gasteiger partial charge in [-0.3, -0.25) is 9.59 Å². The summed E-state index contributed by atoms with van der Waals surface area (Å²) in [4.78, 5) is 24.7. The Bertz CT molecular complexity index is 963. The summed E-state index contributed by atoms with van der Waals surface area (Å²) >= 11 is 0. The molecule has 4 nitrogen and oxygen atoms in total. The van der Waals surface area contributed by atoms with Gasteiger partial charge in [0.25, 0.3) is 0 Å². The molecule has 0 aliphatic rings. The van der Waals surface area contributed by atoms with Gasteiger partial charge in [-0.15, -0.1) is 0 Å². The summed E-state index contributed by atoms with van der Waals surface area (Å²) in [5, 5.41) is 0. The number of rotatable bonds is 10. The minimum absolute atomic E-state index is 0.0291. The Morgan fingerprint density at radius 1 is 0.867 bits per heavy atom. The Labute approximate surface area is 177 Å². The van der Waals surface area contributed by atoms with Crippen molar-refractivity contribution in [3.8, 4) is 5.75 Å². The maximum Gasteiger partial charge on any atom is 0.170 e. The molecular weight excluding hydrogens is 374 g/mol. The van der Waals surface area contributed by atoms with Gasteiger partial charge >= 0.3 is 0 Å². The quantitative estimate of drug-likeness (QED) is 0.387. The second-order valence-electron chi connectivity index (χ2n) is 7.35. The van der Waals surface area contributed by atoms with E-state index in [1.807, 2.05) is 66.7 Å². The van der Waals surface area contributed by atoms with Crippen LogP contribution in [0, 0.1) is 0 Å². The first-order chi connectivity index (χ1) is 14.6. The molecule has 0 spiro atoms. The van der Waals surface area contributed by atoms with Gasteiger partial charge in [-0.1, -0.05) is 66.7 Å². The molecule has 0 aliphatic carbocycles. The van der Waals surface area contributed by atoms with Gasteiger partial charge in [0.1, 0.15) is 11.5 Å². The molecule has 154 valence electrons. The van der Waals surface area contributed by atoms with E-state index in [9.17, 15) is 9.59 Å². The molecule has 0 aliphatic heterocycles. The van der Waals surface area contributed by atoms with Crippen LogP contribution in [0.15, 0.2) is 78.9 Å². The van der Waals surface area contributed by atoms with Crippen molar-refractivity contribution in [2.24, 2.45) is 5.73 Å². The maximum absolute atomic E-state index is 12.4. The molecule has 30 heavy (non-hydrogen) atoms. The van der Waals surface area contributed by atoms with Crippen molar-refractivity contribution >= 4 is 11.6 Å². The summed E-state index contributed by atoms with van der Waals surface area (Å²) in [5.74, 6) is 0.638. The summed E-state index contributed by atoms with van der Waals surface area (Å²) in [7, 11) is 1.63. The van der Waals surface area contributed by atoms with Gasteiger partial charge in [-0.2, -0.15) is 0 Å². The Kier molecular flexibility index (Phi) is 7.52. The number of benzene rings is 3. The third kappa shape index (κ3) is 5.88. The van der Waals surface area contributed by atoms with Crippen LogP contribution in [-0.4, -0.2) is 18.7 Å². The molecule has 1 unspecified atom stereocenters. The number of hydrogen-bond donors (Lipinski definition) is 1. The van der Waals surface area contributed by atoms with E-state index < -0.39 is 0 Å². The number of methoxy groups -OCH3 is 1. The average Bonchev–Trinajstić information content (AvgIpc) is 2.79. The minimum atomic E-state index is -0.241. The highest BCUT2D eigenvalue weighted by atomic mass is 16.5. The van der Waals surface area contributed by atoms with Gasteiger partial charge < -0.3 is 10.5 Å². The van der Waals surface area contributed by atoms with Crippen LogP contribution < -0.4 is 10.5 Å². The van der Waals surface area contributed by atoms with E-state index in [1.54, 1.807) is 19.2 Å². The fourth-order valence-corrected chi connectivity index (χ4v) is 3.38. The molecule has 0 fully saturated rings. The Morgan fingerprint density at radius 2 is 1.50 bits per heavy atom. The Hall–Kier alpha value is -3.24. The molecular formula is C26H27NO3. The van der Waals surface area contributed by atoms with Crippen LogP contribution in [0.3, 0.4) is 0 Å². The normalized spacial score (nSPS) is 11.7. The molecule has 3 rings (SSSR count). The number of Topliss-reactive ketones (excluding diaryl/α,β-unsaturated/α-hetero) is 2. The van der Waals surface area contributed by atoms with Crippen LogP contribution in [0.25, 0.3) is 0 Å². The fourth-order valence-electron chi connectivity index (χ4n) is 3.38. The third-order valence-electron chi connectivity index (χ3n) is 5.19. The van der Waals surface area contributed by atoms with Crippen molar-refractivity contribution in [1.29, 1.82) is 0 Å². The third-order valence-corrected chi connectivity index (χ3v) is 5.19. The monoisotopic (exact) mass is 401 g/mol. The molecule has 0 saturated heterocycles. The molecule has 0 saturated carbocycles. The highest BCUT2D eigenvalue weighted by Crippen LogP contribution is 2.20. The zero-order valence-corrected chi connectivity index (χ0v) is 17.2. The zero-order valence-electron chi connectivity index (χ0n) is 17.2. The molecule has 1 atom stereocenters. The van der Waals surface area contributed by atoms with Crippen LogP contribution in [0.2, 0.25) is 0 Å². The molecule has 3 aromatic carbocycles. The number of aryl methyl sites for hydroxylation is 1. The molecule has 0 amide bonds. The van der Waals surface area contributed by atoms with Crippen LogP contribution in [0.5, 0.6) is 5.75 Å². The molecule has 0 radical (unpaired) electrons. The minimum Gasteiger partial charge on any atom is -0.497 e. The number of nitrogens with two attached hydrogens (primary N) is 1. The maximum atomic E-state index is 12.4. The summed E-state index contributed by atoms with van der Waals surface area (Å²) in [6.45, 7) is 0. The Balaban J connectivity index is 1.48. The van der Waals surface area contributed by atoms with Gasteiger partial charge in [-0.25, -0.2) is 0 Å². The number of ketones is 2. The second kappa shape index (κ2) is 10.5. The van der Waals surface area contributed by atoms with E-state index in [2.05, 4.69) is 0 Å². The zero-order chi connectivity index (χ0) is 21.3. The predicted molar refractivity (Wildman–Crippen MR) is 119 cm³/mol. The van der Waals surface area contributed by atoms with Gasteiger partial charge in [0.15, 0.2) is 5.78 Å². The largest absolute Gasteiger partial charge is 0.497 e. The van der Waals surface area contributed by atoms with Gasteiger partial charge in [0.2, 0.25) is 0 Å². The molecule has 0 heterocycles. The van der Waals surface area contributed by atoms with Crippen molar-refractivity contribution < 1.29 is 14.3 Å². The van der Waals surface area contributed by atoms with E-state index >= 15 is 0 Å². The van der Waals surface area contributed by atoms with Crippen LogP contribution in [-0.2, 0) is 11.2 Å². The lowest BCUT2D eigenvalue weighted by Gasteiger charge is -2.13. The van der Waals surface area contributed by atoms with Crippen LogP contribution in [0.4, 0.5) is 0 Å². The summed E-state index contributed by atoms with van der Waals surface area (Å²) < 4.78 is 5.14. The van der Waals surface area contributed by atoms with E-state index in [1.165, 1.54) is 0 Å². The van der Waals surface area contributed by atoms with E-state index in [0.29, 0.717) is 12.0 Å². The second-order valence-corrected chi connectivity index (χ2v) is 7.35. The van der Waals surface area contributed by atoms with Crippen LogP contribution in [0.1, 0.15) is 52.4 Å². The first kappa shape index (κ1) is 21.5. The van der Waals surface area contributed by atoms with Gasteiger partial charge in [-0.05, 0) is 41.7 Å². The smallest absolute Gasteiger partial charge is 0.170 e. The lowest BCUT2D eigenvalue weighted by atomic mass is 9.96. The Morgan fingerprint density at radius 3 is 2.13 bits per heavy atom. The fraction of sp³-hybridized carbons (Fsp3) is 0.231. The number of carbonyl (C=O) groups excluding carboxylic acids is 2. The number of ether oxygens (including phenoxy) is 1. The van der Waals surface area contributed by atoms with Gasteiger partial charge in [0, 0.05) is 12.0 Å². The summed E-state index contributed by atoms with van der Waals surface area (Å²) in [6, 6.07) is 24.6. The predicted octanol–water partition coefficient (Wildman–Crippen LogP) is 4.91. The molecule has 0 bridgehead atoms. The molecule has 2 N–H and O–H groups in total. The van der Waals surface area contributed by atoms with Gasteiger partial charge in [0.05, 0.1) is 19.6 Å². The van der Waals surface area contributed by atoms with Crippen molar-refractivity contribution in [3.05, 3.63) is 101 Å². The molecule has 3 aromatic rings. The SMILES string of the molecule is COc1ccc(CCCC(=O)CC(=O)c2ccc(C(N)c3ccccc3)cc2)cc1. The first-order valence-electron chi connectivity index (χ1n) is 10.1. The highest BCUT2D eigenvalue weighted by molar-refractivity contribution is 6.07. The average molecular weight is 402 g/mol. The highest BCUT2D eigenvalue weighted by Gasteiger charge is 2.13. The molecule has 0 aromatic heterocycles. The van der Waals surface area contributed by atoms with Crippen molar-refractivity contribution in [1.82, 2.24) is 0 Å². The standard InChI is InChI=1S/C26H27NO3/c1-30-24-16-10-19(11-17-24)6-5-9-23(28)18-25(29)20-12-14-22(15-13-20)26(27)21-7-3-2-4-8-21/h2-4,7-8,10-17,26H,5-6,9,18,27H2,1H3. The summed E-state index contributed by atoms with van der Waals surface area (Å²) in [5.41, 5.74) is 9.94. The van der Waals surface area contributed by atoms with Crippen molar-refractivity contribution in [2.75, 3.05) is 7.11 Å². The lowest BCUT2D eigenvalue weighted by molar-refractivity contribution is -0.118. The van der Waals surface area contributed by atoms with E-state index in [-0.39, 0.29) is 24.0 Å². The molecule has 4 heteroatoms. The number of hydrogen-bond acceptors (Lipinski definition) is 4.